The van der Waals surface area contributed by atoms with E-state index in [9.17, 15) is 39.2 Å². The Morgan fingerprint density at radius 1 is 1.07 bits per heavy atom. The largest absolute Gasteiger partial charge is 0.514 e. The van der Waals surface area contributed by atoms with Gasteiger partial charge < -0.3 is 38.9 Å². The molecular weight excluding hydrogens is 751 g/mol. The van der Waals surface area contributed by atoms with Crippen LogP contribution in [0.5, 0.6) is 5.75 Å². The van der Waals surface area contributed by atoms with E-state index in [0.717, 1.165) is 0 Å². The van der Waals surface area contributed by atoms with Gasteiger partial charge in [0.25, 0.3) is 5.09 Å². The van der Waals surface area contributed by atoms with Crippen LogP contribution < -0.4 is 10.1 Å². The van der Waals surface area contributed by atoms with Crippen LogP contribution in [0.1, 0.15) is 78.7 Å². The second-order valence-corrected chi connectivity index (χ2v) is 16.4. The fourth-order valence-corrected chi connectivity index (χ4v) is 10.1. The molecule has 9 atom stereocenters. The van der Waals surface area contributed by atoms with Crippen molar-refractivity contribution >= 4 is 29.6 Å². The second kappa shape index (κ2) is 15.5. The van der Waals surface area contributed by atoms with Gasteiger partial charge in [0.05, 0.1) is 25.4 Å². The predicted octanol–water partition coefficient (Wildman–Crippen LogP) is 4.22. The highest BCUT2D eigenvalue weighted by molar-refractivity contribution is 5.94. The first kappa shape index (κ1) is 41.9. The summed E-state index contributed by atoms with van der Waals surface area (Å²) in [5.74, 6) is -4.27. The fraction of sp³-hybridized carbons (Fsp3) is 0.625. The van der Waals surface area contributed by atoms with Gasteiger partial charge in [-0.25, -0.2) is 14.0 Å². The molecule has 1 heterocycles. The molecule has 5 aliphatic rings. The number of amides is 1. The van der Waals surface area contributed by atoms with Crippen LogP contribution in [0, 0.1) is 32.8 Å². The maximum Gasteiger partial charge on any atom is 0.514 e. The maximum atomic E-state index is 17.7. The Labute approximate surface area is 328 Å². The van der Waals surface area contributed by atoms with Crippen molar-refractivity contribution in [1.82, 2.24) is 5.32 Å². The van der Waals surface area contributed by atoms with Crippen molar-refractivity contribution in [2.45, 2.75) is 115 Å². The number of carbonyl (C=O) groups is 5. The Morgan fingerprint density at radius 3 is 2.46 bits per heavy atom. The predicted molar refractivity (Wildman–Crippen MR) is 194 cm³/mol. The van der Waals surface area contributed by atoms with Gasteiger partial charge in [-0.15, -0.1) is 10.1 Å². The van der Waals surface area contributed by atoms with E-state index in [4.69, 9.17) is 23.7 Å². The first-order chi connectivity index (χ1) is 26.8. The number of alkyl halides is 1. The molecule has 17 heteroatoms. The molecule has 2 saturated carbocycles. The number of ether oxygens (including phenoxy) is 5. The molecular formula is C40H49FN2O14. The average molecular weight is 801 g/mol. The summed E-state index contributed by atoms with van der Waals surface area (Å²) in [5, 5.41) is 23.7. The van der Waals surface area contributed by atoms with Crippen molar-refractivity contribution in [3.8, 4) is 5.75 Å². The van der Waals surface area contributed by atoms with Crippen molar-refractivity contribution in [3.63, 3.8) is 0 Å². The summed E-state index contributed by atoms with van der Waals surface area (Å²) in [6, 6.07) is 4.95. The molecule has 310 valence electrons. The first-order valence-corrected chi connectivity index (χ1v) is 19.1. The normalized spacial score (nSPS) is 33.7. The van der Waals surface area contributed by atoms with Crippen LogP contribution in [0.2, 0.25) is 0 Å². The highest BCUT2D eigenvalue weighted by Gasteiger charge is 2.80. The Kier molecular flexibility index (Phi) is 11.4. The van der Waals surface area contributed by atoms with Gasteiger partial charge in [0, 0.05) is 36.5 Å². The quantitative estimate of drug-likeness (QED) is 0.0673. The van der Waals surface area contributed by atoms with Crippen LogP contribution in [0.3, 0.4) is 0 Å². The minimum Gasteiger partial charge on any atom is -0.464 e. The van der Waals surface area contributed by atoms with E-state index in [1.807, 2.05) is 6.08 Å². The van der Waals surface area contributed by atoms with E-state index >= 15 is 4.39 Å². The lowest BCUT2D eigenvalue weighted by atomic mass is 9.45. The molecule has 1 aliphatic heterocycles. The van der Waals surface area contributed by atoms with Crippen LogP contribution in [0.15, 0.2) is 48.1 Å². The minimum absolute atomic E-state index is 0.0353. The zero-order valence-electron chi connectivity index (χ0n) is 32.6. The van der Waals surface area contributed by atoms with Gasteiger partial charge >= 0.3 is 12.1 Å². The summed E-state index contributed by atoms with van der Waals surface area (Å²) in [7, 11) is 0. The maximum absolute atomic E-state index is 17.7. The van der Waals surface area contributed by atoms with Crippen molar-refractivity contribution in [3.05, 3.63) is 63.7 Å². The number of nitrogens with zero attached hydrogens (tertiary/aromatic N) is 1. The third kappa shape index (κ3) is 7.56. The summed E-state index contributed by atoms with van der Waals surface area (Å²) >= 11 is 0. The zero-order valence-corrected chi connectivity index (χ0v) is 32.6. The van der Waals surface area contributed by atoms with Gasteiger partial charge in [0.15, 0.2) is 29.4 Å². The number of allylic oxidation sites excluding steroid dienone is 4. The van der Waals surface area contributed by atoms with Crippen molar-refractivity contribution in [1.29, 1.82) is 0 Å². The lowest BCUT2D eigenvalue weighted by Crippen LogP contribution is -2.69. The summed E-state index contributed by atoms with van der Waals surface area (Å²) in [6.45, 7) is 7.16. The second-order valence-electron chi connectivity index (χ2n) is 16.4. The summed E-state index contributed by atoms with van der Waals surface area (Å²) < 4.78 is 46.3. The van der Waals surface area contributed by atoms with Gasteiger partial charge in [-0.05, 0) is 82.6 Å². The van der Waals surface area contributed by atoms with Crippen molar-refractivity contribution in [2.24, 2.45) is 22.7 Å². The molecule has 6 rings (SSSR count). The molecule has 0 spiro atoms. The molecule has 4 aliphatic carbocycles. The van der Waals surface area contributed by atoms with E-state index in [-0.39, 0.29) is 63.3 Å². The zero-order chi connectivity index (χ0) is 41.6. The molecule has 3 unspecified atom stereocenters. The number of rotatable bonds is 14. The van der Waals surface area contributed by atoms with E-state index in [0.29, 0.717) is 17.6 Å². The smallest absolute Gasteiger partial charge is 0.464 e. The number of halogens is 1. The third-order valence-corrected chi connectivity index (χ3v) is 12.5. The number of benzene rings is 1. The topological polar surface area (TPSA) is 216 Å². The molecule has 3 fully saturated rings. The van der Waals surface area contributed by atoms with E-state index in [1.165, 1.54) is 25.1 Å². The number of nitrogens with one attached hydrogen (secondary N) is 1. The number of hydrogen-bond donors (Lipinski definition) is 2. The number of aliphatic hydroxyl groups excluding tert-OH is 1. The molecule has 0 radical (unpaired) electrons. The summed E-state index contributed by atoms with van der Waals surface area (Å²) in [6.07, 6.45) is 2.39. The number of unbranched alkanes of at least 4 members (excludes halogenated alkanes) is 1. The Hall–Kier alpha value is -4.74. The number of aliphatic hydroxyl groups is 1. The van der Waals surface area contributed by atoms with Crippen molar-refractivity contribution < 1.29 is 67.1 Å². The number of ketones is 2. The molecule has 2 N–H and O–H groups in total. The van der Waals surface area contributed by atoms with Gasteiger partial charge in [0.2, 0.25) is 11.7 Å². The average Bonchev–Trinajstić information content (AvgIpc) is 3.54. The van der Waals surface area contributed by atoms with Gasteiger partial charge in [-0.1, -0.05) is 36.8 Å². The summed E-state index contributed by atoms with van der Waals surface area (Å²) in [4.78, 5) is 78.5. The van der Waals surface area contributed by atoms with Crippen molar-refractivity contribution in [2.75, 3.05) is 19.8 Å². The first-order valence-electron chi connectivity index (χ1n) is 19.1. The molecule has 1 amide bonds. The monoisotopic (exact) mass is 800 g/mol. The molecule has 1 aromatic rings. The van der Waals surface area contributed by atoms with Crippen LogP contribution in [0.4, 0.5) is 9.18 Å². The van der Waals surface area contributed by atoms with Crippen LogP contribution >= 0.6 is 0 Å². The lowest BCUT2D eigenvalue weighted by Gasteiger charge is -2.62. The highest BCUT2D eigenvalue weighted by Crippen LogP contribution is 2.72. The van der Waals surface area contributed by atoms with Crippen LogP contribution in [0.25, 0.3) is 0 Å². The third-order valence-electron chi connectivity index (χ3n) is 12.5. The number of Topliss-reactive ketones (excluding diaryl/α,β-unsaturated/α-hetero) is 1. The number of carbonyl (C=O) groups excluding carboxylic acids is 5. The lowest BCUT2D eigenvalue weighted by molar-refractivity contribution is -0.757. The molecule has 57 heavy (non-hydrogen) atoms. The molecule has 1 aromatic carbocycles. The molecule has 0 bridgehead atoms. The van der Waals surface area contributed by atoms with E-state index in [2.05, 4.69) is 10.2 Å². The summed E-state index contributed by atoms with van der Waals surface area (Å²) in [5.41, 5.74) is -4.94. The Balaban J connectivity index is 1.09. The SMILES string of the molecule is CC(=O)NC(Cc1ccc(OC(=O)OCC(=O)[C@@]23OC(C)(C)O[C@@H]2CC2C4CC=C5CC(=O)C=C[C@]5(C)[C@@]4(F)[C@@H](O)C[C@@]23C)cc1)C(=O)OCCCCO[N+](=O)[O-]. The number of esters is 1. The molecule has 1 saturated heterocycles. The van der Waals surface area contributed by atoms with E-state index < -0.39 is 93.5 Å². The van der Waals surface area contributed by atoms with E-state index in [1.54, 1.807) is 45.9 Å². The standard InChI is InChI=1S/C40H49FN2O14/c1-23(44)42-30(34(48)52-16-6-7-17-54-43(50)51)18-24-8-11-27(12-9-24)55-35(49)53-22-32(47)40-33(56-36(2,3)57-40)20-29-28-13-10-25-19-26(45)14-15-37(25,4)39(28,41)31(46)21-38(29,40)5/h8-12,14-15,28-31,33,46H,6-7,13,16-22H2,1-5H3,(H,42,44)/t28?,29?,30?,31-,33+,37-,38-,39-,40+/m0/s1. The minimum atomic E-state index is -2.12. The highest BCUT2D eigenvalue weighted by atomic mass is 19.1. The fourth-order valence-electron chi connectivity index (χ4n) is 10.1. The van der Waals surface area contributed by atoms with Crippen LogP contribution in [-0.2, 0) is 49.4 Å². The number of fused-ring (bicyclic) bond motifs is 7. The van der Waals surface area contributed by atoms with Gasteiger partial charge in [-0.3, -0.25) is 14.4 Å². The molecule has 16 nitrogen and oxygen atoms in total. The van der Waals surface area contributed by atoms with Crippen LogP contribution in [-0.4, -0.2) is 94.9 Å². The number of hydrogen-bond acceptors (Lipinski definition) is 14. The Morgan fingerprint density at radius 2 is 1.77 bits per heavy atom. The van der Waals surface area contributed by atoms with Gasteiger partial charge in [0.1, 0.15) is 11.8 Å². The Bertz CT molecular complexity index is 1870. The molecule has 0 aromatic heterocycles. The van der Waals surface area contributed by atoms with Gasteiger partial charge in [-0.2, -0.15) is 0 Å².